The van der Waals surface area contributed by atoms with E-state index < -0.39 is 8.07 Å². The van der Waals surface area contributed by atoms with Gasteiger partial charge in [0.15, 0.2) is 0 Å². The molecule has 0 aliphatic rings. The maximum Gasteiger partial charge on any atom is 0.120 e. The van der Waals surface area contributed by atoms with Gasteiger partial charge in [0.2, 0.25) is 0 Å². The van der Waals surface area contributed by atoms with Crippen LogP contribution < -0.4 is 5.19 Å². The molecule has 1 radical (unpaired) electrons. The van der Waals surface area contributed by atoms with E-state index in [1.807, 2.05) is 67.7 Å². The predicted molar refractivity (Wildman–Crippen MR) is 152 cm³/mol. The molecule has 0 atom stereocenters. The molecule has 5 heteroatoms. The number of furan rings is 1. The van der Waals surface area contributed by atoms with Gasteiger partial charge in [-0.05, 0) is 36.0 Å². The third-order valence-electron chi connectivity index (χ3n) is 6.12. The fourth-order valence-corrected chi connectivity index (χ4v) is 5.24. The molecule has 0 aliphatic heterocycles. The summed E-state index contributed by atoms with van der Waals surface area (Å²) in [4.78, 5) is 8.76. The topological polar surface area (TPSA) is 38.9 Å². The SMILES string of the molecule is C[Si](C)(C)c1ccc2c(c1)oc1c(-c3ccccn3)[c-]ccc12.Cc1ccc(-c2[c-]cccc2)nc1.[Ir]. The second kappa shape index (κ2) is 11.3. The van der Waals surface area contributed by atoms with Crippen molar-refractivity contribution in [3.05, 3.63) is 115 Å². The molecule has 0 amide bonds. The number of aryl methyl sites for hydroxylation is 1. The zero-order valence-electron chi connectivity index (χ0n) is 21.4. The molecular formula is C32H28IrN2OSi-2. The Balaban J connectivity index is 0.000000195. The molecule has 6 rings (SSSR count). The maximum atomic E-state index is 6.22. The molecule has 0 aliphatic carbocycles. The van der Waals surface area contributed by atoms with Crippen molar-refractivity contribution < 1.29 is 24.5 Å². The molecule has 3 aromatic heterocycles. The van der Waals surface area contributed by atoms with Gasteiger partial charge in [0, 0.05) is 37.9 Å². The van der Waals surface area contributed by atoms with Crippen LogP contribution in [0.3, 0.4) is 0 Å². The van der Waals surface area contributed by atoms with Crippen molar-refractivity contribution in [2.24, 2.45) is 0 Å². The van der Waals surface area contributed by atoms with Crippen LogP contribution >= 0.6 is 0 Å². The quantitative estimate of drug-likeness (QED) is 0.142. The van der Waals surface area contributed by atoms with Crippen LogP contribution in [0, 0.1) is 19.1 Å². The molecule has 37 heavy (non-hydrogen) atoms. The van der Waals surface area contributed by atoms with Crippen LogP contribution in [0.25, 0.3) is 44.5 Å². The van der Waals surface area contributed by atoms with Gasteiger partial charge in [-0.1, -0.05) is 72.2 Å². The van der Waals surface area contributed by atoms with E-state index >= 15 is 0 Å². The minimum atomic E-state index is -1.36. The number of hydrogen-bond donors (Lipinski definition) is 0. The van der Waals surface area contributed by atoms with Crippen LogP contribution in [-0.4, -0.2) is 18.0 Å². The smallest absolute Gasteiger partial charge is 0.120 e. The fraction of sp³-hybridized carbons (Fsp3) is 0.125. The Labute approximate surface area is 233 Å². The minimum Gasteiger partial charge on any atom is -0.501 e. The number of fused-ring (bicyclic) bond motifs is 3. The van der Waals surface area contributed by atoms with Gasteiger partial charge in [0.1, 0.15) is 5.58 Å². The van der Waals surface area contributed by atoms with Crippen LogP contribution in [0.4, 0.5) is 0 Å². The Morgan fingerprint density at radius 3 is 2.27 bits per heavy atom. The minimum absolute atomic E-state index is 0. The first kappa shape index (κ1) is 26.7. The Bertz CT molecular complexity index is 1610. The van der Waals surface area contributed by atoms with E-state index in [9.17, 15) is 0 Å². The summed E-state index contributed by atoms with van der Waals surface area (Å²) in [6.07, 6.45) is 3.67. The zero-order valence-corrected chi connectivity index (χ0v) is 24.8. The summed E-state index contributed by atoms with van der Waals surface area (Å²) in [5.41, 5.74) is 6.84. The average molecular weight is 677 g/mol. The predicted octanol–water partition coefficient (Wildman–Crippen LogP) is 7.85. The van der Waals surface area contributed by atoms with Crippen molar-refractivity contribution in [1.82, 2.24) is 9.97 Å². The van der Waals surface area contributed by atoms with E-state index in [4.69, 9.17) is 4.42 Å². The Morgan fingerprint density at radius 2 is 1.59 bits per heavy atom. The third kappa shape index (κ3) is 5.96. The second-order valence-corrected chi connectivity index (χ2v) is 14.9. The molecule has 6 aromatic rings. The van der Waals surface area contributed by atoms with E-state index in [0.717, 1.165) is 44.5 Å². The first-order valence-corrected chi connectivity index (χ1v) is 15.6. The standard InChI is InChI=1S/C20H18NOSi.C12H10N.Ir/c1-23(2,3)14-10-11-15-16-7-6-8-17(18-9-4-5-12-21-18)20(16)22-19(15)13-14;1-10-7-8-12(13-9-10)11-5-3-2-4-6-11;/h4-7,9-13H,1-3H3;2-5,7-9H,1H3;/q2*-1;. The molecule has 0 spiro atoms. The van der Waals surface area contributed by atoms with Gasteiger partial charge in [-0.2, -0.15) is 0 Å². The van der Waals surface area contributed by atoms with Gasteiger partial charge in [0.25, 0.3) is 0 Å². The summed E-state index contributed by atoms with van der Waals surface area (Å²) in [5, 5.41) is 3.70. The molecule has 3 heterocycles. The summed E-state index contributed by atoms with van der Waals surface area (Å²) < 4.78 is 6.22. The van der Waals surface area contributed by atoms with Crippen molar-refractivity contribution in [3.63, 3.8) is 0 Å². The maximum absolute atomic E-state index is 6.22. The van der Waals surface area contributed by atoms with Gasteiger partial charge >= 0.3 is 0 Å². The van der Waals surface area contributed by atoms with Crippen molar-refractivity contribution >= 4 is 35.2 Å². The zero-order chi connectivity index (χ0) is 25.1. The largest absolute Gasteiger partial charge is 0.501 e. The van der Waals surface area contributed by atoms with Gasteiger partial charge in [0.05, 0.1) is 13.7 Å². The Kier molecular flexibility index (Phi) is 8.18. The van der Waals surface area contributed by atoms with E-state index in [1.165, 1.54) is 10.8 Å². The monoisotopic (exact) mass is 677 g/mol. The first-order chi connectivity index (χ1) is 17.4. The van der Waals surface area contributed by atoms with Crippen LogP contribution in [0.1, 0.15) is 5.56 Å². The van der Waals surface area contributed by atoms with Gasteiger partial charge in [-0.15, -0.1) is 54.1 Å². The number of rotatable bonds is 3. The molecule has 0 fully saturated rings. The number of nitrogens with zero attached hydrogens (tertiary/aromatic N) is 2. The van der Waals surface area contributed by atoms with E-state index in [-0.39, 0.29) is 20.1 Å². The third-order valence-corrected chi connectivity index (χ3v) is 8.16. The molecule has 0 saturated heterocycles. The average Bonchev–Trinajstić information content (AvgIpc) is 3.28. The number of benzene rings is 3. The number of pyridine rings is 2. The molecular weight excluding hydrogens is 649 g/mol. The fourth-order valence-electron chi connectivity index (χ4n) is 4.09. The van der Waals surface area contributed by atoms with Crippen LogP contribution in [0.5, 0.6) is 0 Å². The van der Waals surface area contributed by atoms with Crippen molar-refractivity contribution in [2.45, 2.75) is 26.6 Å². The normalized spacial score (nSPS) is 11.0. The summed E-state index contributed by atoms with van der Waals surface area (Å²) in [6.45, 7) is 9.09. The van der Waals surface area contributed by atoms with Gasteiger partial charge < -0.3 is 14.4 Å². The first-order valence-electron chi connectivity index (χ1n) is 12.1. The molecule has 0 bridgehead atoms. The number of aromatic nitrogens is 2. The summed E-state index contributed by atoms with van der Waals surface area (Å²) in [5.74, 6) is 0. The van der Waals surface area contributed by atoms with Gasteiger partial charge in [-0.25, -0.2) is 0 Å². The Hall–Kier alpha value is -3.37. The van der Waals surface area contributed by atoms with Crippen LogP contribution in [0.15, 0.2) is 102 Å². The summed E-state index contributed by atoms with van der Waals surface area (Å²) in [6, 6.07) is 34.9. The number of hydrogen-bond acceptors (Lipinski definition) is 3. The Morgan fingerprint density at radius 1 is 0.757 bits per heavy atom. The van der Waals surface area contributed by atoms with Crippen molar-refractivity contribution in [2.75, 3.05) is 0 Å². The van der Waals surface area contributed by atoms with E-state index in [1.54, 1.807) is 6.20 Å². The summed E-state index contributed by atoms with van der Waals surface area (Å²) in [7, 11) is -1.36. The molecule has 3 aromatic carbocycles. The molecule has 0 N–H and O–H groups in total. The van der Waals surface area contributed by atoms with Gasteiger partial charge in [-0.3, -0.25) is 0 Å². The van der Waals surface area contributed by atoms with Crippen molar-refractivity contribution in [1.29, 1.82) is 0 Å². The van der Waals surface area contributed by atoms with E-state index in [0.29, 0.717) is 0 Å². The second-order valence-electron chi connectivity index (χ2n) is 9.87. The molecule has 187 valence electrons. The molecule has 3 nitrogen and oxygen atoms in total. The summed E-state index contributed by atoms with van der Waals surface area (Å²) >= 11 is 0. The molecule has 0 unspecified atom stereocenters. The molecule has 0 saturated carbocycles. The van der Waals surface area contributed by atoms with Crippen molar-refractivity contribution in [3.8, 4) is 22.5 Å². The van der Waals surface area contributed by atoms with Crippen LogP contribution in [-0.2, 0) is 20.1 Å². The van der Waals surface area contributed by atoms with E-state index in [2.05, 4.69) is 72.1 Å². The van der Waals surface area contributed by atoms with Crippen LogP contribution in [0.2, 0.25) is 19.6 Å².